The van der Waals surface area contributed by atoms with E-state index in [0.29, 0.717) is 18.2 Å². The molecule has 0 aromatic carbocycles. The third-order valence-electron chi connectivity index (χ3n) is 2.05. The highest BCUT2D eigenvalue weighted by Crippen LogP contribution is 2.04. The van der Waals surface area contributed by atoms with Crippen LogP contribution in [0, 0.1) is 6.92 Å². The lowest BCUT2D eigenvalue weighted by Crippen LogP contribution is -2.05. The average molecular weight is 215 g/mol. The van der Waals surface area contributed by atoms with Crippen molar-refractivity contribution >= 4 is 11.6 Å². The van der Waals surface area contributed by atoms with E-state index >= 15 is 0 Å². The van der Waals surface area contributed by atoms with Crippen LogP contribution in [0.5, 0.6) is 0 Å². The van der Waals surface area contributed by atoms with Crippen LogP contribution >= 0.6 is 0 Å². The summed E-state index contributed by atoms with van der Waals surface area (Å²) >= 11 is 0. The number of nitrogens with one attached hydrogen (secondary N) is 1. The molecule has 0 aliphatic heterocycles. The van der Waals surface area contributed by atoms with E-state index in [1.165, 1.54) is 0 Å². The van der Waals surface area contributed by atoms with Crippen molar-refractivity contribution in [1.82, 2.24) is 15.0 Å². The van der Waals surface area contributed by atoms with E-state index < -0.39 is 0 Å². The van der Waals surface area contributed by atoms with Gasteiger partial charge in [-0.1, -0.05) is 6.07 Å². The summed E-state index contributed by atoms with van der Waals surface area (Å²) in [4.78, 5) is 12.4. The Kier molecular flexibility index (Phi) is 2.95. The van der Waals surface area contributed by atoms with Crippen LogP contribution < -0.4 is 11.1 Å². The molecule has 16 heavy (non-hydrogen) atoms. The summed E-state index contributed by atoms with van der Waals surface area (Å²) in [6.07, 6.45) is 3.14. The number of rotatable bonds is 3. The molecule has 2 rings (SSSR count). The number of nitrogen functional groups attached to an aromatic ring is 1. The van der Waals surface area contributed by atoms with Crippen LogP contribution in [0.2, 0.25) is 0 Å². The van der Waals surface area contributed by atoms with Gasteiger partial charge in [-0.05, 0) is 19.1 Å². The zero-order chi connectivity index (χ0) is 11.4. The third kappa shape index (κ3) is 2.66. The Bertz CT molecular complexity index is 466. The fraction of sp³-hybridized carbons (Fsp3) is 0.182. The minimum atomic E-state index is 0.553. The van der Waals surface area contributed by atoms with Gasteiger partial charge in [-0.3, -0.25) is 4.98 Å². The Hall–Kier alpha value is -2.17. The average Bonchev–Trinajstić information content (AvgIpc) is 2.28. The van der Waals surface area contributed by atoms with Gasteiger partial charge >= 0.3 is 0 Å². The number of pyridine rings is 1. The number of hydrogen-bond donors (Lipinski definition) is 2. The molecule has 0 unspecified atom stereocenters. The predicted molar refractivity (Wildman–Crippen MR) is 62.7 cm³/mol. The number of nitrogens with two attached hydrogens (primary N) is 1. The van der Waals surface area contributed by atoms with Crippen LogP contribution in [0.3, 0.4) is 0 Å². The van der Waals surface area contributed by atoms with Crippen LogP contribution in [0.25, 0.3) is 0 Å². The fourth-order valence-corrected chi connectivity index (χ4v) is 1.30. The molecule has 2 heterocycles. The van der Waals surface area contributed by atoms with Crippen molar-refractivity contribution in [3.8, 4) is 0 Å². The molecule has 2 aromatic rings. The largest absolute Gasteiger partial charge is 0.396 e. The van der Waals surface area contributed by atoms with E-state index in [-0.39, 0.29) is 0 Å². The topological polar surface area (TPSA) is 76.7 Å². The van der Waals surface area contributed by atoms with Gasteiger partial charge in [0.15, 0.2) is 0 Å². The number of hydrogen-bond acceptors (Lipinski definition) is 5. The first-order chi connectivity index (χ1) is 7.74. The molecule has 0 aliphatic rings. The van der Waals surface area contributed by atoms with E-state index in [1.807, 2.05) is 25.1 Å². The highest BCUT2D eigenvalue weighted by atomic mass is 15.1. The van der Waals surface area contributed by atoms with Crippen LogP contribution in [0.1, 0.15) is 11.4 Å². The number of aryl methyl sites for hydroxylation is 1. The molecule has 82 valence electrons. The maximum absolute atomic E-state index is 5.49. The second kappa shape index (κ2) is 4.57. The number of nitrogens with zero attached hydrogens (tertiary/aromatic N) is 3. The highest BCUT2D eigenvalue weighted by molar-refractivity contribution is 5.36. The highest BCUT2D eigenvalue weighted by Gasteiger charge is 1.97. The molecule has 0 atom stereocenters. The van der Waals surface area contributed by atoms with Crippen molar-refractivity contribution in [2.45, 2.75) is 13.5 Å². The normalized spacial score (nSPS) is 10.1. The first-order valence-corrected chi connectivity index (χ1v) is 4.98. The standard InChI is InChI=1S/C11H13N5/c1-8-3-2-4-10(16-8)7-15-11-13-5-9(12)6-14-11/h2-6H,7,12H2,1H3,(H,13,14,15). The third-order valence-corrected chi connectivity index (χ3v) is 2.05. The zero-order valence-corrected chi connectivity index (χ0v) is 9.01. The summed E-state index contributed by atoms with van der Waals surface area (Å²) in [5, 5.41) is 3.08. The Morgan fingerprint density at radius 2 is 2.00 bits per heavy atom. The smallest absolute Gasteiger partial charge is 0.223 e. The van der Waals surface area contributed by atoms with E-state index in [1.54, 1.807) is 12.4 Å². The number of aromatic nitrogens is 3. The van der Waals surface area contributed by atoms with E-state index in [0.717, 1.165) is 11.4 Å². The SMILES string of the molecule is Cc1cccc(CNc2ncc(N)cn2)n1. The van der Waals surface area contributed by atoms with Crippen molar-refractivity contribution in [3.63, 3.8) is 0 Å². The molecule has 5 nitrogen and oxygen atoms in total. The maximum Gasteiger partial charge on any atom is 0.223 e. The minimum Gasteiger partial charge on any atom is -0.396 e. The molecule has 0 radical (unpaired) electrons. The lowest BCUT2D eigenvalue weighted by molar-refractivity contribution is 0.984. The first kappa shape index (κ1) is 10.4. The Morgan fingerprint density at radius 1 is 1.25 bits per heavy atom. The Labute approximate surface area is 93.8 Å². The summed E-state index contributed by atoms with van der Waals surface area (Å²) < 4.78 is 0. The Balaban J connectivity index is 1.99. The molecule has 0 bridgehead atoms. The molecule has 3 N–H and O–H groups in total. The van der Waals surface area contributed by atoms with Gasteiger partial charge in [-0.15, -0.1) is 0 Å². The van der Waals surface area contributed by atoms with Crippen molar-refractivity contribution in [2.24, 2.45) is 0 Å². The summed E-state index contributed by atoms with van der Waals surface area (Å²) in [6, 6.07) is 5.89. The van der Waals surface area contributed by atoms with Gasteiger partial charge in [-0.2, -0.15) is 0 Å². The summed E-state index contributed by atoms with van der Waals surface area (Å²) in [5.41, 5.74) is 8.00. The predicted octanol–water partition coefficient (Wildman–Crippen LogP) is 1.37. The zero-order valence-electron chi connectivity index (χ0n) is 9.01. The summed E-state index contributed by atoms with van der Waals surface area (Å²) in [5.74, 6) is 0.553. The quantitative estimate of drug-likeness (QED) is 0.808. The van der Waals surface area contributed by atoms with Crippen LogP contribution in [0.15, 0.2) is 30.6 Å². The molecule has 2 aromatic heterocycles. The second-order valence-corrected chi connectivity index (χ2v) is 3.46. The lowest BCUT2D eigenvalue weighted by Gasteiger charge is -2.04. The number of anilines is 2. The molecular formula is C11H13N5. The maximum atomic E-state index is 5.49. The van der Waals surface area contributed by atoms with Gasteiger partial charge in [0.1, 0.15) is 0 Å². The Morgan fingerprint density at radius 3 is 2.69 bits per heavy atom. The summed E-state index contributed by atoms with van der Waals surface area (Å²) in [7, 11) is 0. The second-order valence-electron chi connectivity index (χ2n) is 3.46. The molecule has 0 fully saturated rings. The monoisotopic (exact) mass is 215 g/mol. The van der Waals surface area contributed by atoms with Gasteiger partial charge < -0.3 is 11.1 Å². The first-order valence-electron chi connectivity index (χ1n) is 4.98. The van der Waals surface area contributed by atoms with Crippen molar-refractivity contribution in [3.05, 3.63) is 42.0 Å². The molecular weight excluding hydrogens is 202 g/mol. The molecule has 0 aliphatic carbocycles. The van der Waals surface area contributed by atoms with Crippen molar-refractivity contribution < 1.29 is 0 Å². The summed E-state index contributed by atoms with van der Waals surface area (Å²) in [6.45, 7) is 2.56. The van der Waals surface area contributed by atoms with Crippen molar-refractivity contribution in [2.75, 3.05) is 11.1 Å². The molecule has 0 spiro atoms. The van der Waals surface area contributed by atoms with Crippen LogP contribution in [-0.2, 0) is 6.54 Å². The molecule has 0 amide bonds. The van der Waals surface area contributed by atoms with Gasteiger partial charge in [0.05, 0.1) is 30.3 Å². The van der Waals surface area contributed by atoms with Gasteiger partial charge in [-0.25, -0.2) is 9.97 Å². The molecule has 0 saturated carbocycles. The van der Waals surface area contributed by atoms with Gasteiger partial charge in [0.25, 0.3) is 0 Å². The van der Waals surface area contributed by atoms with Gasteiger partial charge in [0.2, 0.25) is 5.95 Å². The minimum absolute atomic E-state index is 0.553. The fourth-order valence-electron chi connectivity index (χ4n) is 1.30. The molecule has 0 saturated heterocycles. The van der Waals surface area contributed by atoms with Gasteiger partial charge in [0, 0.05) is 5.69 Å². The van der Waals surface area contributed by atoms with E-state index in [9.17, 15) is 0 Å². The van der Waals surface area contributed by atoms with Crippen LogP contribution in [-0.4, -0.2) is 15.0 Å². The lowest BCUT2D eigenvalue weighted by atomic mass is 10.3. The van der Waals surface area contributed by atoms with Crippen LogP contribution in [0.4, 0.5) is 11.6 Å². The molecule has 5 heteroatoms. The van der Waals surface area contributed by atoms with E-state index in [4.69, 9.17) is 5.73 Å². The van der Waals surface area contributed by atoms with E-state index in [2.05, 4.69) is 20.3 Å². The van der Waals surface area contributed by atoms with Crippen molar-refractivity contribution in [1.29, 1.82) is 0 Å².